The third-order valence-corrected chi connectivity index (χ3v) is 7.67. The van der Waals surface area contributed by atoms with Crippen LogP contribution in [-0.4, -0.2) is 25.2 Å². The van der Waals surface area contributed by atoms with Crippen molar-refractivity contribution in [3.63, 3.8) is 0 Å². The summed E-state index contributed by atoms with van der Waals surface area (Å²) in [5, 5.41) is 2.92. The van der Waals surface area contributed by atoms with E-state index in [9.17, 15) is 17.6 Å². The summed E-state index contributed by atoms with van der Waals surface area (Å²) in [5.41, 5.74) is 1.83. The molecule has 0 saturated carbocycles. The molecule has 1 N–H and O–H groups in total. The van der Waals surface area contributed by atoms with Crippen molar-refractivity contribution in [2.45, 2.75) is 30.3 Å². The molecule has 0 aliphatic carbocycles. The van der Waals surface area contributed by atoms with Crippen LogP contribution in [0.4, 0.5) is 4.39 Å². The van der Waals surface area contributed by atoms with E-state index in [0.29, 0.717) is 19.4 Å². The Morgan fingerprint density at radius 1 is 0.938 bits per heavy atom. The monoisotopic (exact) mass is 452 g/mol. The maximum atomic E-state index is 13.8. The van der Waals surface area contributed by atoms with E-state index in [-0.39, 0.29) is 17.3 Å². The van der Waals surface area contributed by atoms with Crippen molar-refractivity contribution in [3.05, 3.63) is 102 Å². The van der Waals surface area contributed by atoms with Gasteiger partial charge in [0.15, 0.2) is 0 Å². The third kappa shape index (κ3) is 4.89. The number of benzene rings is 3. The van der Waals surface area contributed by atoms with Crippen LogP contribution in [-0.2, 0) is 21.4 Å². The van der Waals surface area contributed by atoms with Gasteiger partial charge in [0.25, 0.3) is 0 Å². The number of amides is 1. The molecule has 2 atom stereocenters. The van der Waals surface area contributed by atoms with Crippen LogP contribution < -0.4 is 5.32 Å². The Balaban J connectivity index is 1.59. The molecule has 0 spiro atoms. The normalized spacial score (nSPS) is 19.4. The number of nitrogens with zero attached hydrogens (tertiary/aromatic N) is 1. The highest BCUT2D eigenvalue weighted by atomic mass is 32.2. The fourth-order valence-electron chi connectivity index (χ4n) is 4.12. The first-order chi connectivity index (χ1) is 15.4. The summed E-state index contributed by atoms with van der Waals surface area (Å²) in [6, 6.07) is 23.5. The first-order valence-electron chi connectivity index (χ1n) is 10.6. The van der Waals surface area contributed by atoms with Gasteiger partial charge < -0.3 is 5.32 Å². The Hall–Kier alpha value is -3.03. The number of piperidine rings is 1. The Kier molecular flexibility index (Phi) is 6.67. The fraction of sp³-hybridized carbons (Fsp3) is 0.240. The Bertz CT molecular complexity index is 1170. The van der Waals surface area contributed by atoms with Crippen LogP contribution in [0.5, 0.6) is 0 Å². The van der Waals surface area contributed by atoms with Crippen molar-refractivity contribution < 1.29 is 17.6 Å². The first kappa shape index (κ1) is 22.2. The number of carbonyl (C=O) groups excluding carboxylic acids is 1. The molecule has 3 aromatic rings. The van der Waals surface area contributed by atoms with Crippen molar-refractivity contribution in [2.75, 3.05) is 6.54 Å². The SMILES string of the molecule is O=C(NCc1ccccc1)[C@@H]1CC[C@H](c2ccccc2)N(S(=O)(=O)c2cccc(F)c2)C1. The number of rotatable bonds is 6. The zero-order valence-electron chi connectivity index (χ0n) is 17.5. The molecule has 1 aliphatic heterocycles. The average molecular weight is 453 g/mol. The van der Waals surface area contributed by atoms with Gasteiger partial charge in [-0.2, -0.15) is 4.31 Å². The van der Waals surface area contributed by atoms with E-state index in [0.717, 1.165) is 17.2 Å². The summed E-state index contributed by atoms with van der Waals surface area (Å²) in [6.07, 6.45) is 1.07. The highest BCUT2D eigenvalue weighted by Gasteiger charge is 2.40. The van der Waals surface area contributed by atoms with E-state index in [1.807, 2.05) is 60.7 Å². The van der Waals surface area contributed by atoms with Crippen LogP contribution in [0.1, 0.15) is 30.0 Å². The summed E-state index contributed by atoms with van der Waals surface area (Å²) < 4.78 is 42.2. The predicted octanol–water partition coefficient (Wildman–Crippen LogP) is 4.28. The van der Waals surface area contributed by atoms with Crippen LogP contribution in [0, 0.1) is 11.7 Å². The molecule has 1 heterocycles. The van der Waals surface area contributed by atoms with E-state index in [1.165, 1.54) is 22.5 Å². The molecule has 4 rings (SSSR count). The maximum absolute atomic E-state index is 13.8. The van der Waals surface area contributed by atoms with Crippen molar-refractivity contribution in [2.24, 2.45) is 5.92 Å². The number of hydrogen-bond donors (Lipinski definition) is 1. The van der Waals surface area contributed by atoms with E-state index < -0.39 is 27.8 Å². The lowest BCUT2D eigenvalue weighted by Gasteiger charge is -2.38. The zero-order valence-corrected chi connectivity index (χ0v) is 18.3. The molecule has 166 valence electrons. The second-order valence-corrected chi connectivity index (χ2v) is 9.83. The first-order valence-corrected chi connectivity index (χ1v) is 12.0. The molecule has 1 saturated heterocycles. The minimum Gasteiger partial charge on any atom is -0.352 e. The van der Waals surface area contributed by atoms with Crippen molar-refractivity contribution in [1.29, 1.82) is 0 Å². The van der Waals surface area contributed by atoms with Gasteiger partial charge in [0, 0.05) is 13.1 Å². The topological polar surface area (TPSA) is 66.5 Å². The second kappa shape index (κ2) is 9.63. The highest BCUT2D eigenvalue weighted by Crippen LogP contribution is 2.37. The Morgan fingerprint density at radius 2 is 1.62 bits per heavy atom. The van der Waals surface area contributed by atoms with E-state index in [2.05, 4.69) is 5.32 Å². The number of sulfonamides is 1. The lowest BCUT2D eigenvalue weighted by Crippen LogP contribution is -2.46. The zero-order chi connectivity index (χ0) is 22.6. The van der Waals surface area contributed by atoms with Crippen molar-refractivity contribution in [1.82, 2.24) is 9.62 Å². The Morgan fingerprint density at radius 3 is 2.31 bits per heavy atom. The molecule has 3 aromatic carbocycles. The number of nitrogens with one attached hydrogen (secondary N) is 1. The van der Waals surface area contributed by atoms with Gasteiger partial charge in [-0.1, -0.05) is 66.7 Å². The molecule has 5 nitrogen and oxygen atoms in total. The largest absolute Gasteiger partial charge is 0.352 e. The summed E-state index contributed by atoms with van der Waals surface area (Å²) in [6.45, 7) is 0.425. The van der Waals surface area contributed by atoms with Crippen LogP contribution in [0.2, 0.25) is 0 Å². The Labute approximate surface area is 187 Å². The van der Waals surface area contributed by atoms with Gasteiger partial charge in [0.2, 0.25) is 15.9 Å². The van der Waals surface area contributed by atoms with Crippen LogP contribution >= 0.6 is 0 Å². The molecule has 1 amide bonds. The van der Waals surface area contributed by atoms with Crippen LogP contribution in [0.3, 0.4) is 0 Å². The molecular weight excluding hydrogens is 427 g/mol. The lowest BCUT2D eigenvalue weighted by atomic mass is 9.90. The highest BCUT2D eigenvalue weighted by molar-refractivity contribution is 7.89. The van der Waals surface area contributed by atoms with Gasteiger partial charge in [-0.15, -0.1) is 0 Å². The van der Waals surface area contributed by atoms with E-state index in [1.54, 1.807) is 0 Å². The molecule has 0 bridgehead atoms. The van der Waals surface area contributed by atoms with Crippen molar-refractivity contribution >= 4 is 15.9 Å². The van der Waals surface area contributed by atoms with Crippen molar-refractivity contribution in [3.8, 4) is 0 Å². The molecule has 1 fully saturated rings. The maximum Gasteiger partial charge on any atom is 0.243 e. The van der Waals surface area contributed by atoms with Gasteiger partial charge in [0.1, 0.15) is 5.82 Å². The van der Waals surface area contributed by atoms with Crippen LogP contribution in [0.25, 0.3) is 0 Å². The lowest BCUT2D eigenvalue weighted by molar-refractivity contribution is -0.126. The van der Waals surface area contributed by atoms with Gasteiger partial charge in [-0.05, 0) is 42.2 Å². The standard InChI is InChI=1S/C25H25FN2O3S/c26-22-12-7-13-23(16-22)32(30,31)28-18-21(14-15-24(28)20-10-5-2-6-11-20)25(29)27-17-19-8-3-1-4-9-19/h1-13,16,21,24H,14-15,17-18H2,(H,27,29)/t21-,24-/m1/s1. The molecule has 7 heteroatoms. The van der Waals surface area contributed by atoms with Gasteiger partial charge in [-0.3, -0.25) is 4.79 Å². The van der Waals surface area contributed by atoms with Crippen LogP contribution in [0.15, 0.2) is 89.8 Å². The molecule has 0 aromatic heterocycles. The second-order valence-electron chi connectivity index (χ2n) is 7.94. The number of hydrogen-bond acceptors (Lipinski definition) is 3. The minimum atomic E-state index is -4.00. The summed E-state index contributed by atoms with van der Waals surface area (Å²) in [7, 11) is -4.00. The molecule has 1 aliphatic rings. The fourth-order valence-corrected chi connectivity index (χ4v) is 5.84. The third-order valence-electron chi connectivity index (χ3n) is 5.80. The summed E-state index contributed by atoms with van der Waals surface area (Å²) >= 11 is 0. The molecule has 0 unspecified atom stereocenters. The minimum absolute atomic E-state index is 0.0407. The summed E-state index contributed by atoms with van der Waals surface area (Å²) in [4.78, 5) is 12.8. The predicted molar refractivity (Wildman–Crippen MR) is 120 cm³/mol. The van der Waals surface area contributed by atoms with Gasteiger partial charge in [-0.25, -0.2) is 12.8 Å². The molecule has 32 heavy (non-hydrogen) atoms. The van der Waals surface area contributed by atoms with Gasteiger partial charge in [0.05, 0.1) is 16.9 Å². The van der Waals surface area contributed by atoms with Gasteiger partial charge >= 0.3 is 0 Å². The quantitative estimate of drug-likeness (QED) is 0.607. The molecule has 0 radical (unpaired) electrons. The van der Waals surface area contributed by atoms with E-state index >= 15 is 0 Å². The van der Waals surface area contributed by atoms with E-state index in [4.69, 9.17) is 0 Å². The molecular formula is C25H25FN2O3S. The number of carbonyl (C=O) groups is 1. The average Bonchev–Trinajstić information content (AvgIpc) is 2.83. The smallest absolute Gasteiger partial charge is 0.243 e. The summed E-state index contributed by atoms with van der Waals surface area (Å²) in [5.74, 6) is -1.28. The number of halogens is 1.